The maximum absolute atomic E-state index is 5.93. The molecule has 0 bridgehead atoms. The van der Waals surface area contributed by atoms with Gasteiger partial charge in [0.15, 0.2) is 0 Å². The van der Waals surface area contributed by atoms with Crippen LogP contribution in [0.4, 0.5) is 0 Å². The number of hydrogen-bond donors (Lipinski definition) is 1. The fourth-order valence-corrected chi connectivity index (χ4v) is 1.64. The number of methoxy groups -OCH3 is 2. The molecule has 0 aliphatic rings. The highest BCUT2D eigenvalue weighted by atomic mass is 32.2. The summed E-state index contributed by atoms with van der Waals surface area (Å²) in [5.74, 6) is 1.63. The van der Waals surface area contributed by atoms with Gasteiger partial charge < -0.3 is 15.2 Å². The van der Waals surface area contributed by atoms with Crippen LogP contribution in [-0.2, 0) is 0 Å². The van der Waals surface area contributed by atoms with Gasteiger partial charge in [-0.1, -0.05) is 0 Å². The van der Waals surface area contributed by atoms with Crippen LogP contribution in [0.5, 0.6) is 11.8 Å². The zero-order chi connectivity index (χ0) is 11.3. The normalized spacial score (nSPS) is 12.3. The molecule has 0 saturated heterocycles. The van der Waals surface area contributed by atoms with Gasteiger partial charge in [-0.2, -0.15) is 16.7 Å². The lowest BCUT2D eigenvalue weighted by molar-refractivity contribution is 0.354. The lowest BCUT2D eigenvalue weighted by Crippen LogP contribution is -2.16. The van der Waals surface area contributed by atoms with Gasteiger partial charge in [0.05, 0.1) is 26.5 Å². The molecule has 0 aromatic carbocycles. The SMILES string of the molecule is COc1cnc(C(N)CSC)c(OC)n1. The molecule has 5 nitrogen and oxygen atoms in total. The van der Waals surface area contributed by atoms with Gasteiger partial charge in [0, 0.05) is 5.75 Å². The molecule has 0 aliphatic heterocycles. The molecule has 0 fully saturated rings. The molecule has 6 heteroatoms. The van der Waals surface area contributed by atoms with Gasteiger partial charge in [-0.05, 0) is 6.26 Å². The van der Waals surface area contributed by atoms with Crippen molar-refractivity contribution < 1.29 is 9.47 Å². The van der Waals surface area contributed by atoms with Crippen LogP contribution in [0.2, 0.25) is 0 Å². The predicted molar refractivity (Wildman–Crippen MR) is 60.4 cm³/mol. The Balaban J connectivity index is 2.96. The van der Waals surface area contributed by atoms with Gasteiger partial charge in [0.1, 0.15) is 5.69 Å². The summed E-state index contributed by atoms with van der Waals surface area (Å²) in [5, 5.41) is 0. The second kappa shape index (κ2) is 5.77. The predicted octanol–water partition coefficient (Wildman–Crippen LogP) is 0.857. The Morgan fingerprint density at radius 2 is 2.20 bits per heavy atom. The van der Waals surface area contributed by atoms with Crippen molar-refractivity contribution in [2.75, 3.05) is 26.2 Å². The van der Waals surface area contributed by atoms with Crippen molar-refractivity contribution in [1.82, 2.24) is 9.97 Å². The van der Waals surface area contributed by atoms with Crippen molar-refractivity contribution in [3.63, 3.8) is 0 Å². The van der Waals surface area contributed by atoms with Gasteiger partial charge >= 0.3 is 0 Å². The van der Waals surface area contributed by atoms with E-state index in [0.29, 0.717) is 17.5 Å². The molecule has 1 heterocycles. The van der Waals surface area contributed by atoms with Crippen molar-refractivity contribution in [3.05, 3.63) is 11.9 Å². The Kier molecular flexibility index (Phi) is 4.64. The van der Waals surface area contributed by atoms with Crippen molar-refractivity contribution in [3.8, 4) is 11.8 Å². The van der Waals surface area contributed by atoms with Crippen molar-refractivity contribution in [2.24, 2.45) is 5.73 Å². The highest BCUT2D eigenvalue weighted by molar-refractivity contribution is 7.98. The summed E-state index contributed by atoms with van der Waals surface area (Å²) < 4.78 is 10.1. The van der Waals surface area contributed by atoms with E-state index in [1.54, 1.807) is 18.9 Å². The summed E-state index contributed by atoms with van der Waals surface area (Å²) in [5.41, 5.74) is 6.59. The van der Waals surface area contributed by atoms with Crippen molar-refractivity contribution in [2.45, 2.75) is 6.04 Å². The van der Waals surface area contributed by atoms with Gasteiger partial charge in [0.2, 0.25) is 11.8 Å². The molecule has 0 saturated carbocycles. The fourth-order valence-electron chi connectivity index (χ4n) is 1.13. The van der Waals surface area contributed by atoms with Crippen LogP contribution in [0.15, 0.2) is 6.20 Å². The molecule has 0 radical (unpaired) electrons. The minimum Gasteiger partial charge on any atom is -0.480 e. The lowest BCUT2D eigenvalue weighted by atomic mass is 10.2. The largest absolute Gasteiger partial charge is 0.480 e. The average Bonchev–Trinajstić information content (AvgIpc) is 2.28. The third kappa shape index (κ3) is 2.97. The third-order valence-corrected chi connectivity index (χ3v) is 2.54. The monoisotopic (exact) mass is 229 g/mol. The Labute approximate surface area is 93.4 Å². The fraction of sp³-hybridized carbons (Fsp3) is 0.556. The molecule has 1 atom stereocenters. The molecule has 0 aliphatic carbocycles. The van der Waals surface area contributed by atoms with Gasteiger partial charge in [0.25, 0.3) is 0 Å². The first-order valence-corrected chi connectivity index (χ1v) is 5.81. The molecule has 15 heavy (non-hydrogen) atoms. The Morgan fingerprint density at radius 1 is 1.47 bits per heavy atom. The summed E-state index contributed by atoms with van der Waals surface area (Å²) >= 11 is 1.65. The summed E-state index contributed by atoms with van der Waals surface area (Å²) in [4.78, 5) is 8.30. The van der Waals surface area contributed by atoms with Crippen LogP contribution in [-0.4, -0.2) is 36.2 Å². The number of thioether (sulfide) groups is 1. The Morgan fingerprint density at radius 3 is 2.73 bits per heavy atom. The molecule has 0 spiro atoms. The standard InChI is InChI=1S/C9H15N3O2S/c1-13-7-4-11-8(6(10)5-15-3)9(12-7)14-2/h4,6H,5,10H2,1-3H3. The lowest BCUT2D eigenvalue weighted by Gasteiger charge is -2.12. The minimum atomic E-state index is -0.173. The molecular weight excluding hydrogens is 214 g/mol. The Hall–Kier alpha value is -1.01. The zero-order valence-corrected chi connectivity index (χ0v) is 9.87. The quantitative estimate of drug-likeness (QED) is 0.807. The maximum Gasteiger partial charge on any atom is 0.240 e. The molecule has 1 rings (SSSR count). The van der Waals surface area contributed by atoms with Crippen LogP contribution >= 0.6 is 11.8 Å². The minimum absolute atomic E-state index is 0.173. The first-order chi connectivity index (χ1) is 7.22. The first kappa shape index (κ1) is 12.1. The van der Waals surface area contributed by atoms with Crippen molar-refractivity contribution in [1.29, 1.82) is 0 Å². The van der Waals surface area contributed by atoms with Crippen molar-refractivity contribution >= 4 is 11.8 Å². The van der Waals surface area contributed by atoms with E-state index in [9.17, 15) is 0 Å². The van der Waals surface area contributed by atoms with E-state index in [1.807, 2.05) is 6.26 Å². The van der Waals surface area contributed by atoms with E-state index in [2.05, 4.69) is 9.97 Å². The van der Waals surface area contributed by atoms with E-state index in [1.165, 1.54) is 13.3 Å². The average molecular weight is 229 g/mol. The van der Waals surface area contributed by atoms with E-state index in [-0.39, 0.29) is 6.04 Å². The topological polar surface area (TPSA) is 70.3 Å². The van der Waals surface area contributed by atoms with Crippen LogP contribution in [0.3, 0.4) is 0 Å². The number of hydrogen-bond acceptors (Lipinski definition) is 6. The number of aromatic nitrogens is 2. The number of nitrogens with two attached hydrogens (primary N) is 1. The zero-order valence-electron chi connectivity index (χ0n) is 9.06. The molecule has 1 unspecified atom stereocenters. The first-order valence-electron chi connectivity index (χ1n) is 4.42. The van der Waals surface area contributed by atoms with Gasteiger partial charge in [-0.3, -0.25) is 0 Å². The third-order valence-electron chi connectivity index (χ3n) is 1.84. The summed E-state index contributed by atoms with van der Waals surface area (Å²) in [6.07, 6.45) is 3.53. The number of nitrogens with zero attached hydrogens (tertiary/aromatic N) is 2. The highest BCUT2D eigenvalue weighted by Gasteiger charge is 2.15. The van der Waals surface area contributed by atoms with E-state index >= 15 is 0 Å². The van der Waals surface area contributed by atoms with E-state index < -0.39 is 0 Å². The molecule has 1 aromatic heterocycles. The molecule has 0 amide bonds. The smallest absolute Gasteiger partial charge is 0.240 e. The summed E-state index contributed by atoms with van der Waals surface area (Å²) in [6.45, 7) is 0. The summed E-state index contributed by atoms with van der Waals surface area (Å²) in [7, 11) is 3.07. The van der Waals surface area contributed by atoms with E-state index in [0.717, 1.165) is 5.75 Å². The van der Waals surface area contributed by atoms with Crippen LogP contribution < -0.4 is 15.2 Å². The second-order valence-electron chi connectivity index (χ2n) is 2.87. The Bertz CT molecular complexity index is 322. The highest BCUT2D eigenvalue weighted by Crippen LogP contribution is 2.23. The van der Waals surface area contributed by atoms with Gasteiger partial charge in [-0.15, -0.1) is 0 Å². The number of rotatable bonds is 5. The molecule has 2 N–H and O–H groups in total. The van der Waals surface area contributed by atoms with E-state index in [4.69, 9.17) is 15.2 Å². The van der Waals surface area contributed by atoms with Gasteiger partial charge in [-0.25, -0.2) is 4.98 Å². The summed E-state index contributed by atoms with van der Waals surface area (Å²) in [6, 6.07) is -0.173. The molecule has 1 aromatic rings. The van der Waals surface area contributed by atoms with Crippen LogP contribution in [0.1, 0.15) is 11.7 Å². The van der Waals surface area contributed by atoms with Crippen LogP contribution in [0, 0.1) is 0 Å². The molecular formula is C9H15N3O2S. The number of ether oxygens (including phenoxy) is 2. The van der Waals surface area contributed by atoms with Crippen LogP contribution in [0.25, 0.3) is 0 Å². The maximum atomic E-state index is 5.93. The molecule has 84 valence electrons. The second-order valence-corrected chi connectivity index (χ2v) is 3.78.